The van der Waals surface area contributed by atoms with Crippen LogP contribution in [0.4, 0.5) is 0 Å². The van der Waals surface area contributed by atoms with Gasteiger partial charge >= 0.3 is 0 Å². The van der Waals surface area contributed by atoms with Crippen molar-refractivity contribution >= 4 is 40.2 Å². The number of thioether (sulfide) groups is 1. The summed E-state index contributed by atoms with van der Waals surface area (Å²) < 4.78 is -0.123. The molecular weight excluding hydrogens is 524 g/mol. The molecule has 3 unspecified atom stereocenters. The summed E-state index contributed by atoms with van der Waals surface area (Å²) in [5.74, 6) is -1.13. The van der Waals surface area contributed by atoms with Crippen molar-refractivity contribution in [2.45, 2.75) is 64.0 Å². The first-order chi connectivity index (χ1) is 19.0. The fourth-order valence-corrected chi connectivity index (χ4v) is 6.13. The largest absolute Gasteiger partial charge is 0.384 e. The van der Waals surface area contributed by atoms with Crippen molar-refractivity contribution in [3.63, 3.8) is 0 Å². The maximum atomic E-state index is 13.8. The second-order valence-corrected chi connectivity index (χ2v) is 13.0. The topological polar surface area (TPSA) is 102 Å². The summed E-state index contributed by atoms with van der Waals surface area (Å²) in [6.07, 6.45) is 1.07. The molecule has 0 aliphatic carbocycles. The van der Waals surface area contributed by atoms with Crippen LogP contribution in [0.25, 0.3) is 5.70 Å². The lowest BCUT2D eigenvalue weighted by Crippen LogP contribution is -2.57. The molecule has 2 heterocycles. The molecule has 0 saturated carbocycles. The van der Waals surface area contributed by atoms with E-state index in [1.165, 1.54) is 28.5 Å². The maximum absolute atomic E-state index is 13.8. The first-order valence-electron chi connectivity index (χ1n) is 13.6. The highest BCUT2D eigenvalue weighted by molar-refractivity contribution is 8.15. The number of nitrogens with one attached hydrogen (secondary N) is 1. The smallest absolute Gasteiger partial charge is 0.250 e. The molecule has 2 aliphatic rings. The van der Waals surface area contributed by atoms with Crippen LogP contribution >= 0.6 is 11.8 Å². The zero-order valence-corrected chi connectivity index (χ0v) is 24.5. The third kappa shape index (κ3) is 6.82. The van der Waals surface area contributed by atoms with Crippen LogP contribution in [0.15, 0.2) is 71.9 Å². The molecule has 40 heavy (non-hydrogen) atoms. The fourth-order valence-electron chi connectivity index (χ4n) is 5.02. The van der Waals surface area contributed by atoms with Crippen LogP contribution in [0, 0.1) is 5.92 Å². The van der Waals surface area contributed by atoms with Crippen LogP contribution < -0.4 is 5.32 Å². The van der Waals surface area contributed by atoms with E-state index in [0.717, 1.165) is 11.1 Å². The van der Waals surface area contributed by atoms with Gasteiger partial charge in [0.1, 0.15) is 18.7 Å². The number of rotatable bonds is 9. The van der Waals surface area contributed by atoms with Gasteiger partial charge in [-0.05, 0) is 37.3 Å². The van der Waals surface area contributed by atoms with E-state index in [1.54, 1.807) is 6.20 Å². The lowest BCUT2D eigenvalue weighted by molar-refractivity contribution is -0.144. The number of aliphatic hydroxyl groups excluding tert-OH is 1. The van der Waals surface area contributed by atoms with E-state index in [9.17, 15) is 19.5 Å². The van der Waals surface area contributed by atoms with E-state index < -0.39 is 24.1 Å². The molecule has 4 rings (SSSR count). The molecule has 8 nitrogen and oxygen atoms in total. The first-order valence-corrected chi connectivity index (χ1v) is 14.4. The number of benzene rings is 2. The van der Waals surface area contributed by atoms with Crippen molar-refractivity contribution in [3.05, 3.63) is 78.0 Å². The average Bonchev–Trinajstić information content (AvgIpc) is 3.29. The molecule has 0 spiro atoms. The lowest BCUT2D eigenvalue weighted by atomic mass is 9.97. The number of amides is 3. The number of nitrogens with zero attached hydrogens (tertiary/aromatic N) is 3. The lowest BCUT2D eigenvalue weighted by Gasteiger charge is -2.40. The Morgan fingerprint density at radius 2 is 1.73 bits per heavy atom. The number of carbonyl (C=O) groups excluding carboxylic acids is 3. The predicted molar refractivity (Wildman–Crippen MR) is 159 cm³/mol. The molecule has 9 heteroatoms. The van der Waals surface area contributed by atoms with Crippen molar-refractivity contribution < 1.29 is 19.5 Å². The monoisotopic (exact) mass is 562 g/mol. The van der Waals surface area contributed by atoms with Crippen LogP contribution in [-0.2, 0) is 20.8 Å². The van der Waals surface area contributed by atoms with Gasteiger partial charge in [-0.25, -0.2) is 0 Å². The van der Waals surface area contributed by atoms with E-state index in [1.807, 2.05) is 74.5 Å². The van der Waals surface area contributed by atoms with E-state index in [4.69, 9.17) is 0 Å². The van der Waals surface area contributed by atoms with Gasteiger partial charge in [0.25, 0.3) is 5.91 Å². The summed E-state index contributed by atoms with van der Waals surface area (Å²) in [4.78, 5) is 47.4. The molecule has 2 aromatic carbocycles. The van der Waals surface area contributed by atoms with Crippen molar-refractivity contribution in [2.75, 3.05) is 13.1 Å². The summed E-state index contributed by atoms with van der Waals surface area (Å²) >= 11 is 1.52. The van der Waals surface area contributed by atoms with Gasteiger partial charge in [-0.3, -0.25) is 24.3 Å². The molecule has 0 saturated heterocycles. The van der Waals surface area contributed by atoms with Gasteiger partial charge in [-0.15, -0.1) is 11.8 Å². The molecule has 3 amide bonds. The van der Waals surface area contributed by atoms with E-state index in [2.05, 4.69) is 24.2 Å². The third-order valence-electron chi connectivity index (χ3n) is 7.01. The number of hydrogen-bond acceptors (Lipinski definition) is 6. The highest BCUT2D eigenvalue weighted by Gasteiger charge is 2.41. The van der Waals surface area contributed by atoms with Crippen LogP contribution in [0.2, 0.25) is 0 Å². The van der Waals surface area contributed by atoms with Crippen LogP contribution in [-0.4, -0.2) is 73.7 Å². The maximum Gasteiger partial charge on any atom is 0.250 e. The summed E-state index contributed by atoms with van der Waals surface area (Å²) in [5.41, 5.74) is 2.16. The molecular formula is C31H38N4O4S. The SMILES string of the molecule is CC(=O)N1C=C(c2ccccc2)N(CC(=O)NC(Cc2ccccc2)C(O)C2=NCC(C)(C)S2)C(=O)C1C(C)C. The molecule has 2 aliphatic heterocycles. The van der Waals surface area contributed by atoms with E-state index >= 15 is 0 Å². The Kier molecular flexibility index (Phi) is 9.15. The Bertz CT molecular complexity index is 1290. The minimum absolute atomic E-state index is 0.123. The molecule has 2 aromatic rings. The van der Waals surface area contributed by atoms with Gasteiger partial charge < -0.3 is 15.3 Å². The zero-order valence-electron chi connectivity index (χ0n) is 23.7. The van der Waals surface area contributed by atoms with Crippen molar-refractivity contribution in [3.8, 4) is 0 Å². The van der Waals surface area contributed by atoms with E-state index in [-0.39, 0.29) is 29.0 Å². The van der Waals surface area contributed by atoms with Gasteiger partial charge in [0, 0.05) is 17.9 Å². The highest BCUT2D eigenvalue weighted by atomic mass is 32.2. The molecule has 0 aromatic heterocycles. The first kappa shape index (κ1) is 29.6. The zero-order chi connectivity index (χ0) is 29.0. The third-order valence-corrected chi connectivity index (χ3v) is 8.27. The predicted octanol–water partition coefficient (Wildman–Crippen LogP) is 3.71. The summed E-state index contributed by atoms with van der Waals surface area (Å²) in [6.45, 7) is 9.67. The molecule has 2 N–H and O–H groups in total. The van der Waals surface area contributed by atoms with Gasteiger partial charge in [0.15, 0.2) is 0 Å². The fraction of sp³-hybridized carbons (Fsp3) is 0.419. The second kappa shape index (κ2) is 12.4. The molecule has 3 atom stereocenters. The minimum atomic E-state index is -0.992. The Balaban J connectivity index is 1.62. The summed E-state index contributed by atoms with van der Waals surface area (Å²) in [6, 6.07) is 17.5. The standard InChI is InChI=1S/C31H38N4O4S/c1-20(2)27-30(39)35(25(17-34(27)21(3)36)23-14-10-7-11-15-23)18-26(37)33-24(16-22-12-8-6-9-13-22)28(38)29-32-19-31(4,5)40-29/h6-15,17,20,24,27-28,38H,16,18-19H2,1-5H3,(H,33,37). The van der Waals surface area contributed by atoms with Gasteiger partial charge in [-0.2, -0.15) is 0 Å². The van der Waals surface area contributed by atoms with E-state index in [0.29, 0.717) is 23.7 Å². The normalized spacial score (nSPS) is 20.2. The Labute approximate surface area is 240 Å². The van der Waals surface area contributed by atoms with Crippen LogP contribution in [0.3, 0.4) is 0 Å². The summed E-state index contributed by atoms with van der Waals surface area (Å²) in [7, 11) is 0. The highest BCUT2D eigenvalue weighted by Crippen LogP contribution is 2.34. The summed E-state index contributed by atoms with van der Waals surface area (Å²) in [5, 5.41) is 14.9. The van der Waals surface area contributed by atoms with Crippen molar-refractivity contribution in [1.29, 1.82) is 0 Å². The van der Waals surface area contributed by atoms with Gasteiger partial charge in [0.05, 0.1) is 23.3 Å². The minimum Gasteiger partial charge on any atom is -0.384 e. The Morgan fingerprint density at radius 3 is 2.27 bits per heavy atom. The number of aliphatic hydroxyl groups is 1. The van der Waals surface area contributed by atoms with Crippen LogP contribution in [0.5, 0.6) is 0 Å². The van der Waals surface area contributed by atoms with Gasteiger partial charge in [-0.1, -0.05) is 74.5 Å². The van der Waals surface area contributed by atoms with Crippen molar-refractivity contribution in [2.24, 2.45) is 10.9 Å². The van der Waals surface area contributed by atoms with Gasteiger partial charge in [0.2, 0.25) is 11.8 Å². The number of carbonyl (C=O) groups is 3. The molecule has 212 valence electrons. The molecule has 0 bridgehead atoms. The quantitative estimate of drug-likeness (QED) is 0.485. The number of aliphatic imine (C=N–C) groups is 1. The second-order valence-electron chi connectivity index (χ2n) is 11.2. The van der Waals surface area contributed by atoms with Crippen LogP contribution in [0.1, 0.15) is 45.7 Å². The Morgan fingerprint density at radius 1 is 1.10 bits per heavy atom. The number of hydrogen-bond donors (Lipinski definition) is 2. The van der Waals surface area contributed by atoms with Crippen molar-refractivity contribution in [1.82, 2.24) is 15.1 Å². The average molecular weight is 563 g/mol. The Hall–Kier alpha value is -3.43. The molecule has 0 fully saturated rings. The molecule has 0 radical (unpaired) electrons.